The number of fused-ring (bicyclic) bond motifs is 5. The molecular weight excluding hydrogens is 456 g/mol. The lowest BCUT2D eigenvalue weighted by molar-refractivity contribution is -0.152. The number of carbonyl (C=O) groups excluding carboxylic acids is 1. The molecule has 0 saturated heterocycles. The van der Waals surface area contributed by atoms with Gasteiger partial charge in [0.15, 0.2) is 0 Å². The molecule has 4 aliphatic carbocycles. The van der Waals surface area contributed by atoms with Crippen LogP contribution in [0.5, 0.6) is 0 Å². The standard InChI is InChI=1S/C27H44BrClO/c1-16(2)7-6-8-17(3)19-9-10-20-23-21(12-14-26(19,20)4)27(5)13-11-18(29)15-22(27)25(30)24(23)28/h16-24H,6-15H2,1-5H3/t17-,18+,19-,20+,21+,22-,23+,24+,26-,27-/m1/s1. The first-order chi connectivity index (χ1) is 14.1. The van der Waals surface area contributed by atoms with E-state index in [1.807, 2.05) is 0 Å². The highest BCUT2D eigenvalue weighted by atomic mass is 79.9. The quantitative estimate of drug-likeness (QED) is 0.348. The van der Waals surface area contributed by atoms with Crippen molar-refractivity contribution in [3.63, 3.8) is 0 Å². The first-order valence-electron chi connectivity index (χ1n) is 12.9. The van der Waals surface area contributed by atoms with Gasteiger partial charge < -0.3 is 0 Å². The van der Waals surface area contributed by atoms with Crippen LogP contribution in [0, 0.1) is 52.3 Å². The predicted molar refractivity (Wildman–Crippen MR) is 131 cm³/mol. The van der Waals surface area contributed by atoms with Crippen molar-refractivity contribution < 1.29 is 4.79 Å². The highest BCUT2D eigenvalue weighted by Crippen LogP contribution is 2.68. The molecule has 0 spiro atoms. The molecule has 0 heterocycles. The van der Waals surface area contributed by atoms with Gasteiger partial charge in [0.25, 0.3) is 0 Å². The maximum absolute atomic E-state index is 13.6. The minimum Gasteiger partial charge on any atom is -0.298 e. The number of ketones is 1. The van der Waals surface area contributed by atoms with Crippen LogP contribution in [0.1, 0.15) is 98.8 Å². The zero-order valence-electron chi connectivity index (χ0n) is 19.9. The van der Waals surface area contributed by atoms with Crippen LogP contribution in [0.15, 0.2) is 0 Å². The summed E-state index contributed by atoms with van der Waals surface area (Å²) >= 11 is 10.5. The Morgan fingerprint density at radius 1 is 1.00 bits per heavy atom. The zero-order valence-corrected chi connectivity index (χ0v) is 22.3. The molecule has 0 amide bonds. The number of carbonyl (C=O) groups is 1. The highest BCUT2D eigenvalue weighted by Gasteiger charge is 2.64. The topological polar surface area (TPSA) is 17.1 Å². The smallest absolute Gasteiger partial charge is 0.150 e. The Bertz CT molecular complexity index is 649. The summed E-state index contributed by atoms with van der Waals surface area (Å²) in [4.78, 5) is 13.6. The fourth-order valence-corrected chi connectivity index (χ4v) is 10.3. The van der Waals surface area contributed by atoms with E-state index in [9.17, 15) is 4.79 Å². The summed E-state index contributed by atoms with van der Waals surface area (Å²) in [5, 5.41) is 0.194. The molecule has 4 aliphatic rings. The number of hydrogen-bond donors (Lipinski definition) is 0. The van der Waals surface area contributed by atoms with Crippen LogP contribution in [0.2, 0.25) is 0 Å². The van der Waals surface area contributed by atoms with Crippen LogP contribution in [0.4, 0.5) is 0 Å². The van der Waals surface area contributed by atoms with Crippen LogP contribution < -0.4 is 0 Å². The molecule has 0 N–H and O–H groups in total. The van der Waals surface area contributed by atoms with E-state index >= 15 is 0 Å². The molecule has 4 fully saturated rings. The summed E-state index contributed by atoms with van der Waals surface area (Å²) in [5.74, 6) is 5.09. The van der Waals surface area contributed by atoms with E-state index in [0.29, 0.717) is 29.0 Å². The number of hydrogen-bond acceptors (Lipinski definition) is 1. The third-order valence-corrected chi connectivity index (χ3v) is 12.1. The molecule has 30 heavy (non-hydrogen) atoms. The van der Waals surface area contributed by atoms with E-state index < -0.39 is 0 Å². The molecule has 10 atom stereocenters. The summed E-state index contributed by atoms with van der Waals surface area (Å²) in [6, 6.07) is 0. The summed E-state index contributed by atoms with van der Waals surface area (Å²) < 4.78 is 0. The van der Waals surface area contributed by atoms with Gasteiger partial charge in [0.2, 0.25) is 0 Å². The van der Waals surface area contributed by atoms with Crippen molar-refractivity contribution in [2.24, 2.45) is 52.3 Å². The lowest BCUT2D eigenvalue weighted by atomic mass is 9.44. The van der Waals surface area contributed by atoms with Crippen molar-refractivity contribution in [2.45, 2.75) is 109 Å². The third kappa shape index (κ3) is 3.76. The molecule has 0 aliphatic heterocycles. The second-order valence-electron chi connectivity index (χ2n) is 12.6. The average Bonchev–Trinajstić information content (AvgIpc) is 3.04. The van der Waals surface area contributed by atoms with Gasteiger partial charge in [0.05, 0.1) is 4.83 Å². The van der Waals surface area contributed by atoms with Gasteiger partial charge >= 0.3 is 0 Å². The zero-order chi connectivity index (χ0) is 21.8. The first-order valence-corrected chi connectivity index (χ1v) is 14.3. The summed E-state index contributed by atoms with van der Waals surface area (Å²) in [7, 11) is 0. The molecule has 0 unspecified atom stereocenters. The molecule has 0 aromatic rings. The van der Waals surface area contributed by atoms with Gasteiger partial charge in [-0.05, 0) is 91.3 Å². The van der Waals surface area contributed by atoms with Crippen LogP contribution in [0.25, 0.3) is 0 Å². The van der Waals surface area contributed by atoms with E-state index in [0.717, 1.165) is 37.0 Å². The van der Waals surface area contributed by atoms with Gasteiger partial charge in [0, 0.05) is 11.3 Å². The van der Waals surface area contributed by atoms with Crippen LogP contribution in [-0.2, 0) is 4.79 Å². The molecule has 4 saturated carbocycles. The Hall–Kier alpha value is 0.440. The van der Waals surface area contributed by atoms with E-state index in [-0.39, 0.29) is 21.5 Å². The fraction of sp³-hybridized carbons (Fsp3) is 0.963. The number of alkyl halides is 2. The first kappa shape index (κ1) is 23.6. The largest absolute Gasteiger partial charge is 0.298 e. The van der Waals surface area contributed by atoms with E-state index in [2.05, 4.69) is 50.5 Å². The summed E-state index contributed by atoms with van der Waals surface area (Å²) in [5.41, 5.74) is 0.608. The molecule has 0 bridgehead atoms. The molecule has 3 heteroatoms. The normalized spacial score (nSPS) is 49.5. The van der Waals surface area contributed by atoms with Gasteiger partial charge in [-0.15, -0.1) is 11.6 Å². The van der Waals surface area contributed by atoms with Crippen molar-refractivity contribution in [3.05, 3.63) is 0 Å². The van der Waals surface area contributed by atoms with Crippen molar-refractivity contribution in [2.75, 3.05) is 0 Å². The average molecular weight is 500 g/mol. The minimum atomic E-state index is 0.0576. The molecule has 0 aromatic heterocycles. The van der Waals surface area contributed by atoms with E-state index in [1.54, 1.807) is 0 Å². The SMILES string of the molecule is CC(C)CCC[C@@H](C)[C@H]1CC[C@H]2[C@@H]3[C@H](Br)C(=O)[C@H]4C[C@@H](Cl)CC[C@]4(C)[C@H]3CC[C@]12C. The van der Waals surface area contributed by atoms with Gasteiger partial charge in [-0.1, -0.05) is 69.8 Å². The fourth-order valence-electron chi connectivity index (χ4n) is 8.95. The van der Waals surface area contributed by atoms with Crippen LogP contribution in [0.3, 0.4) is 0 Å². The van der Waals surface area contributed by atoms with Crippen LogP contribution >= 0.6 is 27.5 Å². The number of rotatable bonds is 5. The minimum absolute atomic E-state index is 0.0576. The maximum Gasteiger partial charge on any atom is 0.150 e. The van der Waals surface area contributed by atoms with Gasteiger partial charge in [-0.25, -0.2) is 0 Å². The summed E-state index contributed by atoms with van der Waals surface area (Å²) in [6.45, 7) is 12.3. The lowest BCUT2D eigenvalue weighted by Gasteiger charge is -2.61. The monoisotopic (exact) mass is 498 g/mol. The molecule has 0 aromatic carbocycles. The second-order valence-corrected chi connectivity index (χ2v) is 14.2. The van der Waals surface area contributed by atoms with Crippen molar-refractivity contribution in [1.82, 2.24) is 0 Å². The van der Waals surface area contributed by atoms with Gasteiger partial charge in [-0.3, -0.25) is 4.79 Å². The Kier molecular flexibility index (Phi) is 6.81. The Morgan fingerprint density at radius 3 is 2.37 bits per heavy atom. The van der Waals surface area contributed by atoms with Crippen molar-refractivity contribution in [1.29, 1.82) is 0 Å². The third-order valence-electron chi connectivity index (χ3n) is 10.6. The van der Waals surface area contributed by atoms with Crippen molar-refractivity contribution in [3.8, 4) is 0 Å². The Labute approximate surface area is 199 Å². The highest BCUT2D eigenvalue weighted by molar-refractivity contribution is 9.10. The van der Waals surface area contributed by atoms with Gasteiger partial charge in [0.1, 0.15) is 5.78 Å². The van der Waals surface area contributed by atoms with E-state index in [4.69, 9.17) is 11.6 Å². The molecule has 0 radical (unpaired) electrons. The molecular formula is C27H44BrClO. The van der Waals surface area contributed by atoms with Gasteiger partial charge in [-0.2, -0.15) is 0 Å². The number of Topliss-reactive ketones (excluding diaryl/α,β-unsaturated/α-hetero) is 1. The molecule has 1 nitrogen and oxygen atoms in total. The predicted octanol–water partition coefficient (Wildman–Crippen LogP) is 8.27. The molecule has 172 valence electrons. The summed E-state index contributed by atoms with van der Waals surface area (Å²) in [6.07, 6.45) is 12.7. The number of halogens is 2. The van der Waals surface area contributed by atoms with E-state index in [1.165, 1.54) is 44.9 Å². The second kappa shape index (κ2) is 8.66. The Balaban J connectivity index is 1.55. The molecule has 4 rings (SSSR count). The maximum atomic E-state index is 13.6. The lowest BCUT2D eigenvalue weighted by Crippen LogP contribution is -2.61. The Morgan fingerprint density at radius 2 is 1.67 bits per heavy atom. The van der Waals surface area contributed by atoms with Crippen molar-refractivity contribution >= 4 is 33.3 Å². The van der Waals surface area contributed by atoms with Crippen LogP contribution in [-0.4, -0.2) is 16.0 Å².